The van der Waals surface area contributed by atoms with E-state index in [9.17, 15) is 4.79 Å². The summed E-state index contributed by atoms with van der Waals surface area (Å²) in [4.78, 5) is 11.2. The van der Waals surface area contributed by atoms with Crippen molar-refractivity contribution in [3.8, 4) is 0 Å². The molecule has 64 valence electrons. The fourth-order valence-electron chi connectivity index (χ4n) is 0.995. The van der Waals surface area contributed by atoms with Crippen LogP contribution in [-0.2, 0) is 9.53 Å². The second kappa shape index (κ2) is 3.30. The van der Waals surface area contributed by atoms with Crippen LogP contribution in [0.15, 0.2) is 0 Å². The normalized spacial score (nSPS) is 20.9. The van der Waals surface area contributed by atoms with E-state index in [-0.39, 0.29) is 5.78 Å². The topological polar surface area (TPSA) is 78.3 Å². The summed E-state index contributed by atoms with van der Waals surface area (Å²) in [5, 5.41) is 0. The molecule has 4 nitrogen and oxygen atoms in total. The van der Waals surface area contributed by atoms with Crippen LogP contribution in [0.25, 0.3) is 0 Å². The fourth-order valence-corrected chi connectivity index (χ4v) is 0.995. The Morgan fingerprint density at radius 2 is 2.18 bits per heavy atom. The molecule has 0 bridgehead atoms. The van der Waals surface area contributed by atoms with Crippen LogP contribution in [0.2, 0.25) is 0 Å². The number of hydrogen-bond donors (Lipinski definition) is 2. The largest absolute Gasteiger partial charge is 0.376 e. The van der Waals surface area contributed by atoms with Crippen LogP contribution in [0.1, 0.15) is 12.8 Å². The smallest absolute Gasteiger partial charge is 0.157 e. The van der Waals surface area contributed by atoms with Gasteiger partial charge < -0.3 is 16.2 Å². The molecule has 1 heterocycles. The first-order chi connectivity index (χ1) is 5.19. The van der Waals surface area contributed by atoms with Crippen LogP contribution in [-0.4, -0.2) is 31.1 Å². The first-order valence-corrected chi connectivity index (χ1v) is 3.79. The van der Waals surface area contributed by atoms with E-state index in [1.807, 2.05) is 0 Å². The molecule has 0 unspecified atom stereocenters. The van der Waals surface area contributed by atoms with E-state index in [0.29, 0.717) is 26.2 Å². The van der Waals surface area contributed by atoms with Gasteiger partial charge in [-0.3, -0.25) is 4.79 Å². The third kappa shape index (κ3) is 1.77. The third-order valence-electron chi connectivity index (χ3n) is 1.88. The van der Waals surface area contributed by atoms with Crippen molar-refractivity contribution < 1.29 is 9.53 Å². The Kier molecular flexibility index (Phi) is 2.59. The number of carbonyl (C=O) groups excluding carboxylic acids is 1. The second-order valence-electron chi connectivity index (χ2n) is 2.96. The lowest BCUT2D eigenvalue weighted by Crippen LogP contribution is -2.63. The molecular weight excluding hydrogens is 144 g/mol. The van der Waals surface area contributed by atoms with Gasteiger partial charge in [-0.05, 0) is 13.0 Å². The Bertz CT molecular complexity index is 155. The minimum atomic E-state index is -0.685. The number of carbonyl (C=O) groups is 1. The van der Waals surface area contributed by atoms with Crippen LogP contribution < -0.4 is 11.5 Å². The number of Topliss-reactive ketones (excluding diaryl/α,β-unsaturated/α-hetero) is 1. The summed E-state index contributed by atoms with van der Waals surface area (Å²) < 4.78 is 4.86. The molecule has 0 radical (unpaired) electrons. The minimum Gasteiger partial charge on any atom is -0.376 e. The van der Waals surface area contributed by atoms with Gasteiger partial charge in [0.05, 0.1) is 13.2 Å². The number of ether oxygens (including phenoxy) is 1. The Morgan fingerprint density at radius 3 is 2.55 bits per heavy atom. The number of hydrogen-bond acceptors (Lipinski definition) is 4. The molecule has 1 saturated heterocycles. The second-order valence-corrected chi connectivity index (χ2v) is 2.96. The lowest BCUT2D eigenvalue weighted by molar-refractivity contribution is -0.141. The van der Waals surface area contributed by atoms with E-state index in [4.69, 9.17) is 16.2 Å². The Morgan fingerprint density at radius 1 is 1.55 bits per heavy atom. The van der Waals surface area contributed by atoms with Crippen LogP contribution in [0.5, 0.6) is 0 Å². The maximum atomic E-state index is 11.2. The van der Waals surface area contributed by atoms with Crippen molar-refractivity contribution in [2.75, 3.05) is 19.8 Å². The maximum Gasteiger partial charge on any atom is 0.157 e. The zero-order valence-corrected chi connectivity index (χ0v) is 6.51. The summed E-state index contributed by atoms with van der Waals surface area (Å²) in [6.45, 7) is 1.29. The Labute approximate surface area is 65.9 Å². The predicted molar refractivity (Wildman–Crippen MR) is 41.0 cm³/mol. The predicted octanol–water partition coefficient (Wildman–Crippen LogP) is -0.978. The molecular formula is C7H14N2O2. The molecule has 0 saturated carbocycles. The molecule has 0 aromatic rings. The van der Waals surface area contributed by atoms with E-state index in [0.717, 1.165) is 6.42 Å². The molecule has 1 aliphatic rings. The lowest BCUT2D eigenvalue weighted by atomic mass is 9.90. The number of nitrogens with two attached hydrogens (primary N) is 2. The quantitative estimate of drug-likeness (QED) is 0.551. The lowest BCUT2D eigenvalue weighted by Gasteiger charge is -2.36. The molecule has 11 heavy (non-hydrogen) atoms. The van der Waals surface area contributed by atoms with E-state index < -0.39 is 5.54 Å². The minimum absolute atomic E-state index is 0.0780. The molecule has 0 aromatic heterocycles. The molecule has 1 fully saturated rings. The average molecular weight is 158 g/mol. The highest BCUT2D eigenvalue weighted by molar-refractivity contribution is 5.89. The van der Waals surface area contributed by atoms with Crippen molar-refractivity contribution in [3.63, 3.8) is 0 Å². The third-order valence-corrected chi connectivity index (χ3v) is 1.88. The van der Waals surface area contributed by atoms with E-state index in [2.05, 4.69) is 0 Å². The van der Waals surface area contributed by atoms with Gasteiger partial charge in [0.25, 0.3) is 0 Å². The van der Waals surface area contributed by atoms with Gasteiger partial charge in [-0.1, -0.05) is 0 Å². The standard InChI is InChI=1S/C7H14N2O2/c8-3-1-2-6(10)7(9)4-11-5-7/h1-5,8-9H2. The van der Waals surface area contributed by atoms with Gasteiger partial charge in [0.15, 0.2) is 5.78 Å². The average Bonchev–Trinajstić information content (AvgIpc) is 1.95. The van der Waals surface area contributed by atoms with Crippen LogP contribution in [0.3, 0.4) is 0 Å². The summed E-state index contributed by atoms with van der Waals surface area (Å²) in [7, 11) is 0. The SMILES string of the molecule is NCCCC(=O)C1(N)COC1. The monoisotopic (exact) mass is 158 g/mol. The molecule has 0 atom stereocenters. The Hall–Kier alpha value is -0.450. The first kappa shape index (κ1) is 8.64. The molecule has 0 aromatic carbocycles. The number of ketones is 1. The molecule has 4 heteroatoms. The van der Waals surface area contributed by atoms with Crippen LogP contribution in [0, 0.1) is 0 Å². The summed E-state index contributed by atoms with van der Waals surface area (Å²) in [5.74, 6) is 0.0780. The van der Waals surface area contributed by atoms with Crippen molar-refractivity contribution in [2.45, 2.75) is 18.4 Å². The molecule has 4 N–H and O–H groups in total. The van der Waals surface area contributed by atoms with Gasteiger partial charge >= 0.3 is 0 Å². The summed E-state index contributed by atoms with van der Waals surface area (Å²) in [6.07, 6.45) is 1.20. The van der Waals surface area contributed by atoms with E-state index in [1.54, 1.807) is 0 Å². The van der Waals surface area contributed by atoms with Gasteiger partial charge in [-0.2, -0.15) is 0 Å². The van der Waals surface area contributed by atoms with Crippen molar-refractivity contribution in [3.05, 3.63) is 0 Å². The summed E-state index contributed by atoms with van der Waals surface area (Å²) in [6, 6.07) is 0. The highest BCUT2D eigenvalue weighted by Crippen LogP contribution is 2.16. The molecule has 0 amide bonds. The van der Waals surface area contributed by atoms with Crippen molar-refractivity contribution in [1.29, 1.82) is 0 Å². The van der Waals surface area contributed by atoms with Crippen molar-refractivity contribution >= 4 is 5.78 Å². The summed E-state index contributed by atoms with van der Waals surface area (Å²) >= 11 is 0. The van der Waals surface area contributed by atoms with Crippen LogP contribution in [0.4, 0.5) is 0 Å². The van der Waals surface area contributed by atoms with Gasteiger partial charge in [0.2, 0.25) is 0 Å². The van der Waals surface area contributed by atoms with E-state index in [1.165, 1.54) is 0 Å². The molecule has 0 aliphatic carbocycles. The molecule has 0 spiro atoms. The zero-order valence-electron chi connectivity index (χ0n) is 6.51. The van der Waals surface area contributed by atoms with Crippen molar-refractivity contribution in [2.24, 2.45) is 11.5 Å². The number of rotatable bonds is 4. The first-order valence-electron chi connectivity index (χ1n) is 3.79. The van der Waals surface area contributed by atoms with Crippen LogP contribution >= 0.6 is 0 Å². The zero-order chi connectivity index (χ0) is 8.32. The molecule has 1 aliphatic heterocycles. The van der Waals surface area contributed by atoms with Crippen molar-refractivity contribution in [1.82, 2.24) is 0 Å². The van der Waals surface area contributed by atoms with Gasteiger partial charge in [0, 0.05) is 6.42 Å². The van der Waals surface area contributed by atoms with E-state index >= 15 is 0 Å². The Balaban J connectivity index is 2.28. The van der Waals surface area contributed by atoms with Gasteiger partial charge in [0.1, 0.15) is 5.54 Å². The summed E-state index contributed by atoms with van der Waals surface area (Å²) in [5.41, 5.74) is 10.2. The fraction of sp³-hybridized carbons (Fsp3) is 0.857. The van der Waals surface area contributed by atoms with Gasteiger partial charge in [-0.25, -0.2) is 0 Å². The molecule has 1 rings (SSSR count). The van der Waals surface area contributed by atoms with Gasteiger partial charge in [-0.15, -0.1) is 0 Å². The maximum absolute atomic E-state index is 11.2. The highest BCUT2D eigenvalue weighted by Gasteiger charge is 2.40. The highest BCUT2D eigenvalue weighted by atomic mass is 16.5.